The predicted molar refractivity (Wildman–Crippen MR) is 125 cm³/mol. The average molecular weight is 465 g/mol. The van der Waals surface area contributed by atoms with Crippen molar-refractivity contribution < 1.29 is 19.0 Å². The molecule has 1 N–H and O–H groups in total. The molecule has 178 valence electrons. The molecular formula is C26H29FN4O3. The number of rotatable bonds is 3. The number of amides is 2. The topological polar surface area (TPSA) is 68.6 Å². The highest BCUT2D eigenvalue weighted by Gasteiger charge is 2.49. The van der Waals surface area contributed by atoms with Crippen LogP contribution < -0.4 is 4.74 Å². The van der Waals surface area contributed by atoms with E-state index in [1.54, 1.807) is 29.3 Å². The number of hydrazone groups is 1. The van der Waals surface area contributed by atoms with Crippen molar-refractivity contribution in [1.29, 1.82) is 0 Å². The molecule has 8 heteroatoms. The van der Waals surface area contributed by atoms with Crippen molar-refractivity contribution in [2.24, 2.45) is 11.0 Å². The lowest BCUT2D eigenvalue weighted by atomic mass is 9.85. The Hall–Kier alpha value is -3.13. The lowest BCUT2D eigenvalue weighted by Crippen LogP contribution is -2.51. The van der Waals surface area contributed by atoms with E-state index in [2.05, 4.69) is 16.8 Å². The Morgan fingerprint density at radius 3 is 2.62 bits per heavy atom. The van der Waals surface area contributed by atoms with Crippen LogP contribution in [0, 0.1) is 11.7 Å². The van der Waals surface area contributed by atoms with Gasteiger partial charge < -0.3 is 19.6 Å². The summed E-state index contributed by atoms with van der Waals surface area (Å²) in [5.74, 6) is 0.0968. The van der Waals surface area contributed by atoms with Gasteiger partial charge in [-0.05, 0) is 81.7 Å². The Labute approximate surface area is 198 Å². The number of phenols is 1. The zero-order valence-electron chi connectivity index (χ0n) is 19.2. The number of piperidine rings is 1. The Morgan fingerprint density at radius 1 is 1.12 bits per heavy atom. The molecule has 2 amide bonds. The number of urea groups is 1. The van der Waals surface area contributed by atoms with Crippen molar-refractivity contribution in [2.45, 2.75) is 43.8 Å². The van der Waals surface area contributed by atoms with E-state index in [1.165, 1.54) is 12.1 Å². The van der Waals surface area contributed by atoms with Crippen LogP contribution in [0.1, 0.15) is 42.9 Å². The SMILES string of the molecule is CN1CCC(N(C(=O)N2N=C3c4cc(F)ccc4OC[C@@H]3[C@@H]2c2cccc(O)c2)C2CC2)CC1. The Bertz CT molecular complexity index is 1140. The van der Waals surface area contributed by atoms with Gasteiger partial charge in [0.2, 0.25) is 0 Å². The summed E-state index contributed by atoms with van der Waals surface area (Å²) in [5.41, 5.74) is 2.05. The van der Waals surface area contributed by atoms with Gasteiger partial charge in [-0.25, -0.2) is 14.2 Å². The highest BCUT2D eigenvalue weighted by Crippen LogP contribution is 2.45. The number of fused-ring (bicyclic) bond motifs is 3. The van der Waals surface area contributed by atoms with Gasteiger partial charge in [-0.2, -0.15) is 5.10 Å². The van der Waals surface area contributed by atoms with Crippen LogP contribution in [0.3, 0.4) is 0 Å². The van der Waals surface area contributed by atoms with Crippen molar-refractivity contribution in [2.75, 3.05) is 26.7 Å². The molecule has 3 heterocycles. The summed E-state index contributed by atoms with van der Waals surface area (Å²) in [7, 11) is 2.12. The van der Waals surface area contributed by atoms with Crippen molar-refractivity contribution >= 4 is 11.7 Å². The molecule has 0 unspecified atom stereocenters. The van der Waals surface area contributed by atoms with E-state index < -0.39 is 6.04 Å². The maximum atomic E-state index is 14.2. The van der Waals surface area contributed by atoms with Crippen LogP contribution in [0.4, 0.5) is 9.18 Å². The van der Waals surface area contributed by atoms with Crippen LogP contribution in [-0.4, -0.2) is 70.5 Å². The normalized spacial score (nSPS) is 24.8. The second-order valence-corrected chi connectivity index (χ2v) is 9.88. The van der Waals surface area contributed by atoms with Gasteiger partial charge in [0.25, 0.3) is 0 Å². The first-order valence-corrected chi connectivity index (χ1v) is 12.1. The number of nitrogens with zero attached hydrogens (tertiary/aromatic N) is 4. The summed E-state index contributed by atoms with van der Waals surface area (Å²) < 4.78 is 20.1. The van der Waals surface area contributed by atoms with Gasteiger partial charge in [-0.15, -0.1) is 0 Å². The molecule has 34 heavy (non-hydrogen) atoms. The second kappa shape index (κ2) is 8.27. The summed E-state index contributed by atoms with van der Waals surface area (Å²) in [6.07, 6.45) is 3.92. The van der Waals surface area contributed by atoms with Crippen LogP contribution in [0.2, 0.25) is 0 Å². The van der Waals surface area contributed by atoms with Crippen molar-refractivity contribution in [3.05, 3.63) is 59.4 Å². The van der Waals surface area contributed by atoms with Gasteiger partial charge >= 0.3 is 6.03 Å². The van der Waals surface area contributed by atoms with E-state index in [1.807, 2.05) is 6.07 Å². The zero-order chi connectivity index (χ0) is 23.4. The smallest absolute Gasteiger partial charge is 0.341 e. The minimum absolute atomic E-state index is 0.106. The molecule has 2 atom stereocenters. The minimum Gasteiger partial charge on any atom is -0.508 e. The molecule has 2 fully saturated rings. The fourth-order valence-electron chi connectivity index (χ4n) is 5.60. The second-order valence-electron chi connectivity index (χ2n) is 9.88. The first-order valence-electron chi connectivity index (χ1n) is 12.1. The number of halogens is 1. The number of likely N-dealkylation sites (tertiary alicyclic amines) is 1. The molecule has 1 aliphatic carbocycles. The summed E-state index contributed by atoms with van der Waals surface area (Å²) in [4.78, 5) is 18.5. The van der Waals surface area contributed by atoms with Gasteiger partial charge in [-0.3, -0.25) is 0 Å². The number of aromatic hydroxyl groups is 1. The third kappa shape index (κ3) is 3.70. The molecule has 6 rings (SSSR count). The van der Waals surface area contributed by atoms with Gasteiger partial charge in [0.1, 0.15) is 17.3 Å². The van der Waals surface area contributed by atoms with E-state index in [0.29, 0.717) is 23.6 Å². The summed E-state index contributed by atoms with van der Waals surface area (Å²) >= 11 is 0. The zero-order valence-corrected chi connectivity index (χ0v) is 19.2. The quantitative estimate of drug-likeness (QED) is 0.746. The number of phenolic OH excluding ortho intramolecular Hbond substituents is 1. The summed E-state index contributed by atoms with van der Waals surface area (Å²) in [5, 5.41) is 16.6. The largest absolute Gasteiger partial charge is 0.508 e. The lowest BCUT2D eigenvalue weighted by molar-refractivity contribution is 0.0858. The van der Waals surface area contributed by atoms with Gasteiger partial charge in [0.15, 0.2) is 0 Å². The Kier molecular flexibility index (Phi) is 5.21. The molecule has 2 aromatic rings. The molecule has 7 nitrogen and oxygen atoms in total. The van der Waals surface area contributed by atoms with Gasteiger partial charge in [0.05, 0.1) is 24.3 Å². The fourth-order valence-corrected chi connectivity index (χ4v) is 5.60. The Morgan fingerprint density at radius 2 is 1.88 bits per heavy atom. The number of benzene rings is 2. The number of carbonyl (C=O) groups is 1. The van der Waals surface area contributed by atoms with E-state index in [4.69, 9.17) is 9.84 Å². The third-order valence-electron chi connectivity index (χ3n) is 7.50. The maximum Gasteiger partial charge on any atom is 0.341 e. The minimum atomic E-state index is -0.432. The lowest BCUT2D eigenvalue weighted by Gasteiger charge is -2.40. The number of ether oxygens (including phenoxy) is 1. The standard InChI is InChI=1S/C26H29FN4O3/c1-29-11-9-19(10-12-29)30(18-6-7-18)26(33)31-25(16-3-2-4-20(32)13-16)22-15-34-23-8-5-17(27)14-21(23)24(22)28-31/h2-5,8,13-14,18-19,22,25,32H,6-7,9-12,15H2,1H3/t22-,25-/m0/s1. The molecule has 0 radical (unpaired) electrons. The van der Waals surface area contributed by atoms with Crippen LogP contribution in [-0.2, 0) is 0 Å². The molecule has 1 saturated heterocycles. The number of hydrogen-bond donors (Lipinski definition) is 1. The van der Waals surface area contributed by atoms with Crippen LogP contribution in [0.25, 0.3) is 0 Å². The predicted octanol–water partition coefficient (Wildman–Crippen LogP) is 3.98. The molecule has 4 aliphatic rings. The number of carbonyl (C=O) groups excluding carboxylic acids is 1. The van der Waals surface area contributed by atoms with Crippen molar-refractivity contribution in [3.63, 3.8) is 0 Å². The highest BCUT2D eigenvalue weighted by molar-refractivity contribution is 6.07. The molecule has 0 bridgehead atoms. The van der Waals surface area contributed by atoms with E-state index >= 15 is 0 Å². The molecule has 2 aromatic carbocycles. The number of hydrogen-bond acceptors (Lipinski definition) is 5. The molecule has 1 saturated carbocycles. The van der Waals surface area contributed by atoms with Gasteiger partial charge in [0, 0.05) is 17.6 Å². The first-order chi connectivity index (χ1) is 16.5. The van der Waals surface area contributed by atoms with Crippen LogP contribution in [0.5, 0.6) is 11.5 Å². The van der Waals surface area contributed by atoms with Gasteiger partial charge in [-0.1, -0.05) is 12.1 Å². The molecule has 0 aromatic heterocycles. The van der Waals surface area contributed by atoms with Crippen molar-refractivity contribution in [3.8, 4) is 11.5 Å². The maximum absolute atomic E-state index is 14.2. The van der Waals surface area contributed by atoms with Crippen LogP contribution >= 0.6 is 0 Å². The monoisotopic (exact) mass is 464 g/mol. The van der Waals surface area contributed by atoms with Crippen LogP contribution in [0.15, 0.2) is 47.6 Å². The average Bonchev–Trinajstić information content (AvgIpc) is 3.58. The summed E-state index contributed by atoms with van der Waals surface area (Å²) in [6, 6.07) is 11.3. The van der Waals surface area contributed by atoms with E-state index in [0.717, 1.165) is 44.3 Å². The van der Waals surface area contributed by atoms with E-state index in [-0.39, 0.29) is 35.6 Å². The highest BCUT2D eigenvalue weighted by atomic mass is 19.1. The Balaban J connectivity index is 1.41. The first kappa shape index (κ1) is 21.4. The molecule has 0 spiro atoms. The van der Waals surface area contributed by atoms with E-state index in [9.17, 15) is 14.3 Å². The fraction of sp³-hybridized carbons (Fsp3) is 0.462. The third-order valence-corrected chi connectivity index (χ3v) is 7.50. The molecule has 3 aliphatic heterocycles. The van der Waals surface area contributed by atoms with Crippen molar-refractivity contribution in [1.82, 2.24) is 14.8 Å². The summed E-state index contributed by atoms with van der Waals surface area (Å²) in [6.45, 7) is 2.27. The molecular weight excluding hydrogens is 435 g/mol.